The van der Waals surface area contributed by atoms with Crippen LogP contribution >= 0.6 is 24.0 Å². The molecule has 1 fully saturated rings. The summed E-state index contributed by atoms with van der Waals surface area (Å²) in [5, 5.41) is 3.46. The quantitative estimate of drug-likeness (QED) is 0.288. The molecule has 2 rings (SSSR count). The molecule has 27 heavy (non-hydrogen) atoms. The van der Waals surface area contributed by atoms with Crippen molar-refractivity contribution >= 4 is 35.9 Å². The van der Waals surface area contributed by atoms with Crippen molar-refractivity contribution in [2.45, 2.75) is 32.6 Å². The molecule has 0 amide bonds. The standard InChI is InChI=1S/C20H31N3O3.HI/c1-5-26-19(24)16-10-12-23(13-11-16)20(21-3)22-14-15(2)17-8-6-7-9-18(17)25-4;/h6-9,15-16H,5,10-14H2,1-4H3,(H,21,22);1H. The second-order valence-corrected chi connectivity index (χ2v) is 6.58. The molecule has 7 heteroatoms. The molecule has 0 saturated carbocycles. The molecule has 0 spiro atoms. The van der Waals surface area contributed by atoms with E-state index in [2.05, 4.69) is 28.2 Å². The second-order valence-electron chi connectivity index (χ2n) is 6.58. The Bertz CT molecular complexity index is 616. The number of carbonyl (C=O) groups is 1. The molecule has 1 N–H and O–H groups in total. The normalized spacial score (nSPS) is 16.3. The number of rotatable bonds is 6. The average Bonchev–Trinajstić information content (AvgIpc) is 2.68. The zero-order valence-electron chi connectivity index (χ0n) is 16.7. The maximum absolute atomic E-state index is 11.9. The zero-order valence-corrected chi connectivity index (χ0v) is 19.1. The molecule has 0 radical (unpaired) electrons. The van der Waals surface area contributed by atoms with Crippen LogP contribution in [0.25, 0.3) is 0 Å². The van der Waals surface area contributed by atoms with Crippen molar-refractivity contribution in [1.82, 2.24) is 10.2 Å². The van der Waals surface area contributed by atoms with E-state index in [1.165, 1.54) is 5.56 Å². The number of hydrogen-bond acceptors (Lipinski definition) is 4. The van der Waals surface area contributed by atoms with Crippen molar-refractivity contribution in [3.8, 4) is 5.75 Å². The Morgan fingerprint density at radius 2 is 2.00 bits per heavy atom. The largest absolute Gasteiger partial charge is 0.496 e. The maximum Gasteiger partial charge on any atom is 0.309 e. The SMILES string of the molecule is CCOC(=O)C1CCN(C(=NC)NCC(C)c2ccccc2OC)CC1.I. The van der Waals surface area contributed by atoms with E-state index >= 15 is 0 Å². The Labute approximate surface area is 179 Å². The van der Waals surface area contributed by atoms with Gasteiger partial charge in [0.15, 0.2) is 5.96 Å². The van der Waals surface area contributed by atoms with Crippen LogP contribution in [0.3, 0.4) is 0 Å². The molecule has 6 nitrogen and oxygen atoms in total. The van der Waals surface area contributed by atoms with Gasteiger partial charge in [0.25, 0.3) is 0 Å². The summed E-state index contributed by atoms with van der Waals surface area (Å²) in [6.45, 7) is 6.86. The Hall–Kier alpha value is -1.51. The molecular formula is C20H32IN3O3. The van der Waals surface area contributed by atoms with E-state index in [-0.39, 0.29) is 35.9 Å². The first-order chi connectivity index (χ1) is 12.6. The monoisotopic (exact) mass is 489 g/mol. The van der Waals surface area contributed by atoms with Crippen LogP contribution in [0.4, 0.5) is 0 Å². The lowest BCUT2D eigenvalue weighted by Crippen LogP contribution is -2.47. The molecule has 1 unspecified atom stereocenters. The summed E-state index contributed by atoms with van der Waals surface area (Å²) >= 11 is 0. The molecule has 1 aliphatic heterocycles. The van der Waals surface area contributed by atoms with Crippen molar-refractivity contribution in [3.63, 3.8) is 0 Å². The highest BCUT2D eigenvalue weighted by atomic mass is 127. The van der Waals surface area contributed by atoms with Crippen LogP contribution in [0.1, 0.15) is 38.2 Å². The van der Waals surface area contributed by atoms with Gasteiger partial charge in [-0.1, -0.05) is 25.1 Å². The Balaban J connectivity index is 0.00000364. The van der Waals surface area contributed by atoms with E-state index in [9.17, 15) is 4.79 Å². The van der Waals surface area contributed by atoms with Gasteiger partial charge in [0.2, 0.25) is 0 Å². The summed E-state index contributed by atoms with van der Waals surface area (Å²) in [5.74, 6) is 2.03. The lowest BCUT2D eigenvalue weighted by molar-refractivity contribution is -0.149. The van der Waals surface area contributed by atoms with E-state index < -0.39 is 0 Å². The number of ether oxygens (including phenoxy) is 2. The predicted octanol–water partition coefficient (Wildman–Crippen LogP) is 3.27. The van der Waals surface area contributed by atoms with Gasteiger partial charge in [-0.05, 0) is 31.4 Å². The fourth-order valence-corrected chi connectivity index (χ4v) is 3.35. The number of hydrogen-bond donors (Lipinski definition) is 1. The summed E-state index contributed by atoms with van der Waals surface area (Å²) < 4.78 is 10.6. The minimum Gasteiger partial charge on any atom is -0.496 e. The van der Waals surface area contributed by atoms with Gasteiger partial charge in [-0.2, -0.15) is 0 Å². The number of nitrogens with one attached hydrogen (secondary N) is 1. The van der Waals surface area contributed by atoms with Crippen LogP contribution in [0.15, 0.2) is 29.3 Å². The Kier molecular flexibility index (Phi) is 10.5. The van der Waals surface area contributed by atoms with Crippen molar-refractivity contribution in [3.05, 3.63) is 29.8 Å². The number of carbonyl (C=O) groups excluding carboxylic acids is 1. The van der Waals surface area contributed by atoms with E-state index in [0.29, 0.717) is 12.5 Å². The van der Waals surface area contributed by atoms with Crippen molar-refractivity contribution < 1.29 is 14.3 Å². The van der Waals surface area contributed by atoms with Gasteiger partial charge in [0, 0.05) is 32.6 Å². The molecule has 0 aromatic heterocycles. The summed E-state index contributed by atoms with van der Waals surface area (Å²) in [7, 11) is 3.50. The predicted molar refractivity (Wildman–Crippen MR) is 119 cm³/mol. The van der Waals surface area contributed by atoms with Crippen LogP contribution < -0.4 is 10.1 Å². The smallest absolute Gasteiger partial charge is 0.309 e. The Morgan fingerprint density at radius 1 is 1.33 bits per heavy atom. The third-order valence-corrected chi connectivity index (χ3v) is 4.86. The number of benzene rings is 1. The summed E-state index contributed by atoms with van der Waals surface area (Å²) in [5.41, 5.74) is 1.18. The first-order valence-corrected chi connectivity index (χ1v) is 9.35. The van der Waals surface area contributed by atoms with Gasteiger partial charge in [0.1, 0.15) is 5.75 Å². The lowest BCUT2D eigenvalue weighted by atomic mass is 9.97. The van der Waals surface area contributed by atoms with Crippen LogP contribution in [-0.4, -0.2) is 57.2 Å². The topological polar surface area (TPSA) is 63.2 Å². The number of likely N-dealkylation sites (tertiary alicyclic amines) is 1. The molecule has 1 aromatic carbocycles. The summed E-state index contributed by atoms with van der Waals surface area (Å²) in [6, 6.07) is 8.10. The number of nitrogens with zero attached hydrogens (tertiary/aromatic N) is 2. The number of para-hydroxylation sites is 1. The maximum atomic E-state index is 11.9. The molecule has 1 aromatic rings. The molecule has 1 saturated heterocycles. The third-order valence-electron chi connectivity index (χ3n) is 4.86. The molecule has 1 aliphatic rings. The molecule has 1 atom stereocenters. The first-order valence-electron chi connectivity index (χ1n) is 9.35. The number of methoxy groups -OCH3 is 1. The van der Waals surface area contributed by atoms with E-state index in [0.717, 1.165) is 44.2 Å². The molecular weight excluding hydrogens is 457 g/mol. The minimum atomic E-state index is -0.0695. The summed E-state index contributed by atoms with van der Waals surface area (Å²) in [6.07, 6.45) is 1.61. The van der Waals surface area contributed by atoms with Gasteiger partial charge < -0.3 is 19.7 Å². The van der Waals surface area contributed by atoms with Gasteiger partial charge in [-0.3, -0.25) is 9.79 Å². The number of aliphatic imine (C=N–C) groups is 1. The minimum absolute atomic E-state index is 0. The van der Waals surface area contributed by atoms with Crippen LogP contribution in [0.5, 0.6) is 5.75 Å². The van der Waals surface area contributed by atoms with Crippen molar-refractivity contribution in [2.24, 2.45) is 10.9 Å². The second kappa shape index (κ2) is 12.0. The molecule has 1 heterocycles. The van der Waals surface area contributed by atoms with E-state index in [1.807, 2.05) is 25.1 Å². The van der Waals surface area contributed by atoms with Crippen LogP contribution in [-0.2, 0) is 9.53 Å². The third kappa shape index (κ3) is 6.55. The summed E-state index contributed by atoms with van der Waals surface area (Å²) in [4.78, 5) is 18.5. The highest BCUT2D eigenvalue weighted by molar-refractivity contribution is 14.0. The highest BCUT2D eigenvalue weighted by Crippen LogP contribution is 2.25. The fourth-order valence-electron chi connectivity index (χ4n) is 3.35. The van der Waals surface area contributed by atoms with Crippen molar-refractivity contribution in [1.29, 1.82) is 0 Å². The number of guanidine groups is 1. The van der Waals surface area contributed by atoms with Gasteiger partial charge in [0.05, 0.1) is 19.6 Å². The first kappa shape index (κ1) is 23.5. The van der Waals surface area contributed by atoms with Crippen LogP contribution in [0.2, 0.25) is 0 Å². The van der Waals surface area contributed by atoms with Gasteiger partial charge in [-0.15, -0.1) is 24.0 Å². The zero-order chi connectivity index (χ0) is 18.9. The van der Waals surface area contributed by atoms with E-state index in [1.54, 1.807) is 14.2 Å². The van der Waals surface area contributed by atoms with Gasteiger partial charge in [-0.25, -0.2) is 0 Å². The fraction of sp³-hybridized carbons (Fsp3) is 0.600. The van der Waals surface area contributed by atoms with Gasteiger partial charge >= 0.3 is 5.97 Å². The highest BCUT2D eigenvalue weighted by Gasteiger charge is 2.27. The van der Waals surface area contributed by atoms with Crippen LogP contribution in [0, 0.1) is 5.92 Å². The molecule has 0 bridgehead atoms. The lowest BCUT2D eigenvalue weighted by Gasteiger charge is -2.33. The van der Waals surface area contributed by atoms with E-state index in [4.69, 9.17) is 9.47 Å². The molecule has 152 valence electrons. The molecule has 0 aliphatic carbocycles. The number of esters is 1. The average molecular weight is 489 g/mol. The Morgan fingerprint density at radius 3 is 2.59 bits per heavy atom. The number of halogens is 1. The number of piperidine rings is 1. The van der Waals surface area contributed by atoms with Crippen molar-refractivity contribution in [2.75, 3.05) is 40.4 Å².